The molecule has 9 heteroatoms. The van der Waals surface area contributed by atoms with Gasteiger partial charge >= 0.3 is 33.9 Å². The molecule has 0 N–H and O–H groups in total. The summed E-state index contributed by atoms with van der Waals surface area (Å²) in [6, 6.07) is 0. The van der Waals surface area contributed by atoms with Crippen LogP contribution >= 0.6 is 16.5 Å². The minimum atomic E-state index is -2.63. The van der Waals surface area contributed by atoms with Gasteiger partial charge < -0.3 is 9.79 Å². The second-order valence-corrected chi connectivity index (χ2v) is 8.47. The van der Waals surface area contributed by atoms with E-state index in [4.69, 9.17) is 0 Å². The van der Waals surface area contributed by atoms with Gasteiger partial charge in [-0.1, -0.05) is 104 Å². The van der Waals surface area contributed by atoms with Gasteiger partial charge in [-0.3, -0.25) is 0 Å². The van der Waals surface area contributed by atoms with Gasteiger partial charge in [0, 0.05) is 0 Å². The Labute approximate surface area is 191 Å². The summed E-state index contributed by atoms with van der Waals surface area (Å²) in [6.07, 6.45) is 19.3. The fourth-order valence-corrected chi connectivity index (χ4v) is 3.31. The second kappa shape index (κ2) is 30.8. The first-order valence-corrected chi connectivity index (χ1v) is 13.3. The molecular formula is C20H42CrO6P2+2. The molecule has 0 amide bonds. The third-order valence-electron chi connectivity index (χ3n) is 4.39. The molecule has 0 aromatic carbocycles. The van der Waals surface area contributed by atoms with Crippen molar-refractivity contribution in [2.45, 2.75) is 117 Å². The summed E-state index contributed by atoms with van der Waals surface area (Å²) >= 11 is 0. The van der Waals surface area contributed by atoms with Crippen LogP contribution in [-0.2, 0) is 35.5 Å². The van der Waals surface area contributed by atoms with Crippen LogP contribution in [0.2, 0.25) is 0 Å². The largest absolute Gasteiger partial charge is 2.00 e. The molecular weight excluding hydrogens is 450 g/mol. The average molecular weight is 492 g/mol. The normalized spacial score (nSPS) is 11.3. The maximum Gasteiger partial charge on any atom is 2.00 e. The molecule has 0 aliphatic heterocycles. The molecule has 2 atom stereocenters. The van der Waals surface area contributed by atoms with Crippen LogP contribution in [0.4, 0.5) is 0 Å². The Morgan fingerprint density at radius 2 is 0.759 bits per heavy atom. The number of rotatable bonds is 20. The minimum absolute atomic E-state index is 0. The average Bonchev–Trinajstić information content (AvgIpc) is 2.65. The molecule has 0 saturated carbocycles. The summed E-state index contributed by atoms with van der Waals surface area (Å²) < 4.78 is 28.9. The van der Waals surface area contributed by atoms with Gasteiger partial charge in [0.1, 0.15) is 13.2 Å². The molecule has 6 nitrogen and oxygen atoms in total. The van der Waals surface area contributed by atoms with Crippen molar-refractivity contribution >= 4 is 16.5 Å². The second-order valence-electron chi connectivity index (χ2n) is 7.06. The van der Waals surface area contributed by atoms with Gasteiger partial charge in [-0.15, -0.1) is 9.05 Å². The van der Waals surface area contributed by atoms with E-state index in [-0.39, 0.29) is 17.4 Å². The fourth-order valence-electron chi connectivity index (χ4n) is 2.75. The third kappa shape index (κ3) is 39.6. The Morgan fingerprint density at radius 3 is 1.00 bits per heavy atom. The number of hydrogen-bond donors (Lipinski definition) is 0. The van der Waals surface area contributed by atoms with Gasteiger partial charge in [0.2, 0.25) is 0 Å². The van der Waals surface area contributed by atoms with Crippen molar-refractivity contribution in [2.24, 2.45) is 0 Å². The van der Waals surface area contributed by atoms with Crippen molar-refractivity contribution in [2.75, 3.05) is 13.2 Å². The fraction of sp³-hybridized carbons (Fsp3) is 1.00. The predicted octanol–water partition coefficient (Wildman–Crippen LogP) is 6.32. The number of hydrogen-bond acceptors (Lipinski definition) is 6. The Kier molecular flexibility index (Phi) is 36.3. The van der Waals surface area contributed by atoms with Crippen LogP contribution < -0.4 is 9.79 Å². The van der Waals surface area contributed by atoms with Crippen molar-refractivity contribution in [3.8, 4) is 0 Å². The van der Waals surface area contributed by atoms with Gasteiger partial charge in [-0.05, 0) is 22.0 Å². The topological polar surface area (TPSA) is 98.7 Å². The Morgan fingerprint density at radius 1 is 0.517 bits per heavy atom. The standard InChI is InChI=1S/2C10H21O3P.Cr/c2*1-2-3-4-5-6-7-8-9-10-13-14(11)12;/h2*2-10H2,1H3;/q;;+2. The maximum absolute atomic E-state index is 10.0. The van der Waals surface area contributed by atoms with E-state index >= 15 is 0 Å². The van der Waals surface area contributed by atoms with Crippen LogP contribution in [-0.4, -0.2) is 13.2 Å². The van der Waals surface area contributed by atoms with Crippen LogP contribution in [0.25, 0.3) is 0 Å². The zero-order valence-electron chi connectivity index (χ0n) is 18.5. The van der Waals surface area contributed by atoms with Gasteiger partial charge in [0.05, 0.1) is 0 Å². The quantitative estimate of drug-likeness (QED) is 0.146. The van der Waals surface area contributed by atoms with Crippen LogP contribution in [0, 0.1) is 0 Å². The van der Waals surface area contributed by atoms with Crippen molar-refractivity contribution in [1.82, 2.24) is 0 Å². The molecule has 0 radical (unpaired) electrons. The molecule has 0 saturated heterocycles. The molecule has 0 aromatic rings. The first-order chi connectivity index (χ1) is 13.5. The van der Waals surface area contributed by atoms with Crippen LogP contribution in [0.1, 0.15) is 117 Å². The first kappa shape index (κ1) is 34.2. The van der Waals surface area contributed by atoms with E-state index in [1.165, 1.54) is 77.0 Å². The van der Waals surface area contributed by atoms with Gasteiger partial charge in [-0.25, -0.2) is 0 Å². The van der Waals surface area contributed by atoms with Crippen LogP contribution in [0.15, 0.2) is 0 Å². The van der Waals surface area contributed by atoms with Crippen LogP contribution in [0.3, 0.4) is 0 Å². The summed E-state index contributed by atoms with van der Waals surface area (Å²) in [5.41, 5.74) is 0. The van der Waals surface area contributed by atoms with Gasteiger partial charge in [0.25, 0.3) is 0 Å². The Balaban J connectivity index is -0.000000451. The zero-order chi connectivity index (χ0) is 21.3. The van der Waals surface area contributed by atoms with Crippen molar-refractivity contribution in [3.63, 3.8) is 0 Å². The van der Waals surface area contributed by atoms with E-state index in [1.54, 1.807) is 0 Å². The molecule has 172 valence electrons. The Bertz CT molecular complexity index is 317. The molecule has 0 aliphatic rings. The molecule has 0 aliphatic carbocycles. The van der Waals surface area contributed by atoms with Crippen molar-refractivity contribution < 1.29 is 45.3 Å². The summed E-state index contributed by atoms with van der Waals surface area (Å²) in [7, 11) is -5.27. The predicted molar refractivity (Wildman–Crippen MR) is 112 cm³/mol. The molecule has 0 bridgehead atoms. The molecule has 0 heterocycles. The number of unbranched alkanes of at least 4 members (excludes halogenated alkanes) is 14. The zero-order valence-corrected chi connectivity index (χ0v) is 21.5. The third-order valence-corrected chi connectivity index (χ3v) is 5.18. The SMILES string of the molecule is CCCCCCCCCCO[P+](=O)[O-].CCCCCCCCCCO[P+](=O)[O-].[Cr+2]. The van der Waals surface area contributed by atoms with Gasteiger partial charge in [-0.2, -0.15) is 0 Å². The molecule has 0 spiro atoms. The Hall–Kier alpha value is 0.572. The maximum atomic E-state index is 10.0. The van der Waals surface area contributed by atoms with Crippen molar-refractivity contribution in [3.05, 3.63) is 0 Å². The van der Waals surface area contributed by atoms with E-state index in [0.29, 0.717) is 13.2 Å². The van der Waals surface area contributed by atoms with Gasteiger partial charge in [0.15, 0.2) is 0 Å². The van der Waals surface area contributed by atoms with Crippen LogP contribution in [0.5, 0.6) is 0 Å². The molecule has 29 heavy (non-hydrogen) atoms. The molecule has 0 rings (SSSR count). The van der Waals surface area contributed by atoms with Crippen molar-refractivity contribution in [1.29, 1.82) is 0 Å². The minimum Gasteiger partial charge on any atom is -0.566 e. The van der Waals surface area contributed by atoms with E-state index in [9.17, 15) is 18.9 Å². The van der Waals surface area contributed by atoms with E-state index in [1.807, 2.05) is 0 Å². The summed E-state index contributed by atoms with van der Waals surface area (Å²) in [5, 5.41) is 0. The molecule has 2 unspecified atom stereocenters. The smallest absolute Gasteiger partial charge is 0.566 e. The first-order valence-electron chi connectivity index (χ1n) is 11.1. The molecule has 0 aromatic heterocycles. The summed E-state index contributed by atoms with van der Waals surface area (Å²) in [6.45, 7) is 5.13. The summed E-state index contributed by atoms with van der Waals surface area (Å²) in [4.78, 5) is 20.0. The molecule has 0 fully saturated rings. The monoisotopic (exact) mass is 492 g/mol. The van der Waals surface area contributed by atoms with E-state index < -0.39 is 16.5 Å². The van der Waals surface area contributed by atoms with E-state index in [0.717, 1.165) is 25.7 Å². The summed E-state index contributed by atoms with van der Waals surface area (Å²) in [5.74, 6) is 0. The van der Waals surface area contributed by atoms with E-state index in [2.05, 4.69) is 22.9 Å².